The molecule has 118 valence electrons. The standard InChI is InChI=1S/C17H21BrN2OS/c1-3-7-15(13-8-5-4-6-9-13)19-17(21)20(2)12-14-10-11-16(18)22-14/h4-6,8-11,15H,3,7,12H2,1-2H3,(H,19,21). The molecular weight excluding hydrogens is 360 g/mol. The van der Waals surface area contributed by atoms with Gasteiger partial charge in [-0.2, -0.15) is 0 Å². The summed E-state index contributed by atoms with van der Waals surface area (Å²) in [5.41, 5.74) is 1.16. The van der Waals surface area contributed by atoms with Crippen LogP contribution in [0.2, 0.25) is 0 Å². The Kier molecular flexibility index (Phi) is 6.46. The van der Waals surface area contributed by atoms with Crippen LogP contribution in [0.5, 0.6) is 0 Å². The van der Waals surface area contributed by atoms with Crippen molar-refractivity contribution >= 4 is 33.3 Å². The Labute approximate surface area is 144 Å². The van der Waals surface area contributed by atoms with Gasteiger partial charge in [0, 0.05) is 11.9 Å². The van der Waals surface area contributed by atoms with E-state index in [0.717, 1.165) is 27.1 Å². The van der Waals surface area contributed by atoms with Crippen LogP contribution in [0.15, 0.2) is 46.3 Å². The first-order chi connectivity index (χ1) is 10.6. The van der Waals surface area contributed by atoms with Crippen molar-refractivity contribution in [1.82, 2.24) is 10.2 Å². The molecule has 0 spiro atoms. The van der Waals surface area contributed by atoms with Crippen molar-refractivity contribution < 1.29 is 4.79 Å². The first kappa shape index (κ1) is 17.0. The molecule has 0 bridgehead atoms. The summed E-state index contributed by atoms with van der Waals surface area (Å²) in [6.07, 6.45) is 1.97. The lowest BCUT2D eigenvalue weighted by Crippen LogP contribution is -2.38. The van der Waals surface area contributed by atoms with Crippen LogP contribution in [0.1, 0.15) is 36.2 Å². The molecule has 0 saturated heterocycles. The van der Waals surface area contributed by atoms with E-state index in [1.165, 1.54) is 0 Å². The van der Waals surface area contributed by atoms with Gasteiger partial charge in [-0.05, 0) is 40.0 Å². The highest BCUT2D eigenvalue weighted by atomic mass is 79.9. The number of thiophene rings is 1. The zero-order valence-electron chi connectivity index (χ0n) is 12.9. The number of halogens is 1. The van der Waals surface area contributed by atoms with Crippen molar-refractivity contribution in [3.05, 3.63) is 56.7 Å². The zero-order chi connectivity index (χ0) is 15.9. The third-order valence-corrected chi connectivity index (χ3v) is 5.05. The second-order valence-corrected chi connectivity index (χ2v) is 7.81. The number of nitrogens with one attached hydrogen (secondary N) is 1. The van der Waals surface area contributed by atoms with Gasteiger partial charge in [0.25, 0.3) is 0 Å². The van der Waals surface area contributed by atoms with Gasteiger partial charge in [0.1, 0.15) is 0 Å². The van der Waals surface area contributed by atoms with Crippen LogP contribution in [-0.4, -0.2) is 18.0 Å². The number of carbonyl (C=O) groups excluding carboxylic acids is 1. The highest BCUT2D eigenvalue weighted by Gasteiger charge is 2.16. The maximum atomic E-state index is 12.4. The van der Waals surface area contributed by atoms with E-state index in [0.29, 0.717) is 6.54 Å². The third kappa shape index (κ3) is 4.85. The molecule has 1 N–H and O–H groups in total. The van der Waals surface area contributed by atoms with Gasteiger partial charge in [0.2, 0.25) is 0 Å². The summed E-state index contributed by atoms with van der Waals surface area (Å²) in [5.74, 6) is 0. The average molecular weight is 381 g/mol. The van der Waals surface area contributed by atoms with E-state index in [1.807, 2.05) is 37.4 Å². The van der Waals surface area contributed by atoms with Gasteiger partial charge in [-0.1, -0.05) is 43.7 Å². The van der Waals surface area contributed by atoms with Gasteiger partial charge in [-0.3, -0.25) is 0 Å². The lowest BCUT2D eigenvalue weighted by molar-refractivity contribution is 0.202. The van der Waals surface area contributed by atoms with Gasteiger partial charge < -0.3 is 10.2 Å². The maximum Gasteiger partial charge on any atom is 0.317 e. The van der Waals surface area contributed by atoms with Crippen molar-refractivity contribution in [2.24, 2.45) is 0 Å². The summed E-state index contributed by atoms with van der Waals surface area (Å²) < 4.78 is 1.09. The van der Waals surface area contributed by atoms with E-state index in [4.69, 9.17) is 0 Å². The molecule has 1 atom stereocenters. The van der Waals surface area contributed by atoms with E-state index < -0.39 is 0 Å². The van der Waals surface area contributed by atoms with Crippen LogP contribution in [0.4, 0.5) is 4.79 Å². The lowest BCUT2D eigenvalue weighted by atomic mass is 10.0. The van der Waals surface area contributed by atoms with Gasteiger partial charge in [0.05, 0.1) is 16.4 Å². The molecule has 1 heterocycles. The molecule has 0 radical (unpaired) electrons. The van der Waals surface area contributed by atoms with Crippen LogP contribution in [-0.2, 0) is 6.54 Å². The Hall–Kier alpha value is -1.33. The van der Waals surface area contributed by atoms with Crippen LogP contribution in [0.3, 0.4) is 0 Å². The predicted octanol–water partition coefficient (Wildman–Crippen LogP) is 5.19. The molecule has 22 heavy (non-hydrogen) atoms. The van der Waals surface area contributed by atoms with Crippen molar-refractivity contribution in [2.45, 2.75) is 32.4 Å². The molecule has 5 heteroatoms. The summed E-state index contributed by atoms with van der Waals surface area (Å²) >= 11 is 5.10. The SMILES string of the molecule is CCCC(NC(=O)N(C)Cc1ccc(Br)s1)c1ccccc1. The number of rotatable bonds is 6. The second kappa shape index (κ2) is 8.34. The molecule has 1 unspecified atom stereocenters. The Morgan fingerprint density at radius 3 is 2.59 bits per heavy atom. The molecule has 1 aromatic carbocycles. The molecule has 0 fully saturated rings. The Morgan fingerprint density at radius 2 is 2.00 bits per heavy atom. The van der Waals surface area contributed by atoms with Gasteiger partial charge >= 0.3 is 6.03 Å². The molecule has 0 aliphatic carbocycles. The van der Waals surface area contributed by atoms with Crippen LogP contribution in [0, 0.1) is 0 Å². The molecule has 0 aliphatic heterocycles. The van der Waals surface area contributed by atoms with Crippen molar-refractivity contribution in [3.8, 4) is 0 Å². The Morgan fingerprint density at radius 1 is 1.27 bits per heavy atom. The number of hydrogen-bond donors (Lipinski definition) is 1. The summed E-state index contributed by atoms with van der Waals surface area (Å²) in [6, 6.07) is 14.2. The van der Waals surface area contributed by atoms with E-state index in [1.54, 1.807) is 16.2 Å². The molecule has 2 amide bonds. The highest BCUT2D eigenvalue weighted by Crippen LogP contribution is 2.23. The number of hydrogen-bond acceptors (Lipinski definition) is 2. The minimum absolute atomic E-state index is 0.0353. The topological polar surface area (TPSA) is 32.3 Å². The summed E-state index contributed by atoms with van der Waals surface area (Å²) in [5, 5.41) is 3.14. The average Bonchev–Trinajstić information content (AvgIpc) is 2.92. The summed E-state index contributed by atoms with van der Waals surface area (Å²) in [4.78, 5) is 15.3. The van der Waals surface area contributed by atoms with Crippen LogP contribution < -0.4 is 5.32 Å². The molecule has 3 nitrogen and oxygen atoms in total. The fourth-order valence-electron chi connectivity index (χ4n) is 2.30. The van der Waals surface area contributed by atoms with Gasteiger partial charge in [-0.25, -0.2) is 4.79 Å². The third-order valence-electron chi connectivity index (χ3n) is 3.45. The van der Waals surface area contributed by atoms with E-state index in [-0.39, 0.29) is 12.1 Å². The minimum Gasteiger partial charge on any atom is -0.331 e. The monoisotopic (exact) mass is 380 g/mol. The summed E-state index contributed by atoms with van der Waals surface area (Å²) in [6.45, 7) is 2.75. The first-order valence-corrected chi connectivity index (χ1v) is 9.02. The van der Waals surface area contributed by atoms with E-state index in [2.05, 4.69) is 40.3 Å². The Balaban J connectivity index is 1.98. The maximum absolute atomic E-state index is 12.4. The quantitative estimate of drug-likeness (QED) is 0.734. The number of carbonyl (C=O) groups is 1. The van der Waals surface area contributed by atoms with Gasteiger partial charge in [0.15, 0.2) is 0 Å². The number of benzene rings is 1. The highest BCUT2D eigenvalue weighted by molar-refractivity contribution is 9.11. The molecule has 0 saturated carbocycles. The van der Waals surface area contributed by atoms with Crippen LogP contribution >= 0.6 is 27.3 Å². The summed E-state index contributed by atoms with van der Waals surface area (Å²) in [7, 11) is 1.83. The number of urea groups is 1. The normalized spacial score (nSPS) is 12.0. The molecule has 2 aromatic rings. The smallest absolute Gasteiger partial charge is 0.317 e. The van der Waals surface area contributed by atoms with E-state index in [9.17, 15) is 4.79 Å². The predicted molar refractivity (Wildman–Crippen MR) is 96.1 cm³/mol. The fraction of sp³-hybridized carbons (Fsp3) is 0.353. The van der Waals surface area contributed by atoms with Crippen molar-refractivity contribution in [1.29, 1.82) is 0 Å². The minimum atomic E-state index is -0.0353. The largest absolute Gasteiger partial charge is 0.331 e. The fourth-order valence-corrected chi connectivity index (χ4v) is 3.83. The molecular formula is C17H21BrN2OS. The number of amides is 2. The molecule has 0 aliphatic rings. The molecule has 2 rings (SSSR count). The van der Waals surface area contributed by atoms with E-state index >= 15 is 0 Å². The number of nitrogens with zero attached hydrogens (tertiary/aromatic N) is 1. The lowest BCUT2D eigenvalue weighted by Gasteiger charge is -2.23. The van der Waals surface area contributed by atoms with Crippen molar-refractivity contribution in [2.75, 3.05) is 7.05 Å². The van der Waals surface area contributed by atoms with Crippen LogP contribution in [0.25, 0.3) is 0 Å². The zero-order valence-corrected chi connectivity index (χ0v) is 15.3. The first-order valence-electron chi connectivity index (χ1n) is 7.41. The van der Waals surface area contributed by atoms with Crippen molar-refractivity contribution in [3.63, 3.8) is 0 Å². The Bertz CT molecular complexity index is 600. The molecule has 1 aromatic heterocycles. The second-order valence-electron chi connectivity index (χ2n) is 5.26. The van der Waals surface area contributed by atoms with Gasteiger partial charge in [-0.15, -0.1) is 11.3 Å².